The summed E-state index contributed by atoms with van der Waals surface area (Å²) >= 11 is 0. The second-order valence-corrected chi connectivity index (χ2v) is 6.46. The lowest BCUT2D eigenvalue weighted by atomic mass is 10.1. The molecule has 130 valence electrons. The minimum atomic E-state index is -0.562. The molecule has 0 spiro atoms. The molecule has 4 rings (SSSR count). The van der Waals surface area contributed by atoms with Gasteiger partial charge in [-0.2, -0.15) is 5.10 Å². The second kappa shape index (κ2) is 7.21. The fraction of sp³-hybridized carbons (Fsp3) is 0.368. The number of hydrogen-bond donors (Lipinski definition) is 1. The number of likely N-dealkylation sites (tertiary alicyclic amines) is 1. The Morgan fingerprint density at radius 2 is 2.08 bits per heavy atom. The Bertz CT molecular complexity index is 785. The van der Waals surface area contributed by atoms with Gasteiger partial charge in [0, 0.05) is 6.04 Å². The number of rotatable bonds is 6. The topological polar surface area (TPSA) is 67.3 Å². The van der Waals surface area contributed by atoms with Crippen LogP contribution in [-0.2, 0) is 6.54 Å². The molecule has 25 heavy (non-hydrogen) atoms. The predicted molar refractivity (Wildman–Crippen MR) is 93.1 cm³/mol. The first-order valence-electron chi connectivity index (χ1n) is 8.71. The number of furan rings is 1. The number of nitrogens with zero attached hydrogens (tertiary/aromatic N) is 4. The molecule has 2 aromatic heterocycles. The molecule has 2 atom stereocenters. The van der Waals surface area contributed by atoms with Crippen LogP contribution in [0, 0.1) is 0 Å². The van der Waals surface area contributed by atoms with E-state index in [4.69, 9.17) is 4.42 Å². The van der Waals surface area contributed by atoms with E-state index in [1.807, 2.05) is 47.1 Å². The quantitative estimate of drug-likeness (QED) is 0.748. The number of benzene rings is 1. The van der Waals surface area contributed by atoms with Gasteiger partial charge in [0.25, 0.3) is 0 Å². The third-order valence-electron chi connectivity index (χ3n) is 4.83. The van der Waals surface area contributed by atoms with Gasteiger partial charge in [0.1, 0.15) is 24.0 Å². The number of aliphatic hydroxyl groups excluding tert-OH is 1. The van der Waals surface area contributed by atoms with Crippen LogP contribution >= 0.6 is 0 Å². The lowest BCUT2D eigenvalue weighted by molar-refractivity contribution is 0.0984. The van der Waals surface area contributed by atoms with Gasteiger partial charge in [-0.3, -0.25) is 4.90 Å². The number of hydrogen-bond acceptors (Lipinski definition) is 5. The Morgan fingerprint density at radius 3 is 2.88 bits per heavy atom. The first kappa shape index (κ1) is 16.1. The molecular formula is C19H22N4O2. The van der Waals surface area contributed by atoms with E-state index >= 15 is 0 Å². The Labute approximate surface area is 146 Å². The van der Waals surface area contributed by atoms with E-state index in [0.29, 0.717) is 18.2 Å². The predicted octanol–water partition coefficient (Wildman–Crippen LogP) is 2.95. The molecule has 0 bridgehead atoms. The molecule has 6 nitrogen and oxygen atoms in total. The van der Waals surface area contributed by atoms with Gasteiger partial charge in [0.05, 0.1) is 18.5 Å². The van der Waals surface area contributed by atoms with E-state index in [1.165, 1.54) is 0 Å². The van der Waals surface area contributed by atoms with E-state index in [0.717, 1.165) is 37.4 Å². The zero-order valence-electron chi connectivity index (χ0n) is 14.0. The molecule has 0 radical (unpaired) electrons. The van der Waals surface area contributed by atoms with Crippen molar-refractivity contribution in [3.63, 3.8) is 0 Å². The highest BCUT2D eigenvalue weighted by Gasteiger charge is 2.29. The van der Waals surface area contributed by atoms with E-state index in [9.17, 15) is 5.11 Å². The summed E-state index contributed by atoms with van der Waals surface area (Å²) < 4.78 is 7.22. The van der Waals surface area contributed by atoms with Crippen LogP contribution in [0.5, 0.6) is 0 Å². The van der Waals surface area contributed by atoms with E-state index in [1.54, 1.807) is 12.6 Å². The summed E-state index contributed by atoms with van der Waals surface area (Å²) in [6, 6.07) is 14.0. The van der Waals surface area contributed by atoms with Crippen molar-refractivity contribution in [2.45, 2.75) is 38.0 Å². The van der Waals surface area contributed by atoms with Crippen molar-refractivity contribution >= 4 is 0 Å². The van der Waals surface area contributed by atoms with Crippen molar-refractivity contribution in [2.24, 2.45) is 0 Å². The first-order chi connectivity index (χ1) is 12.3. The summed E-state index contributed by atoms with van der Waals surface area (Å²) in [6.45, 7) is 1.74. The third-order valence-corrected chi connectivity index (χ3v) is 4.83. The maximum Gasteiger partial charge on any atom is 0.146 e. The van der Waals surface area contributed by atoms with E-state index in [2.05, 4.69) is 15.0 Å². The molecule has 0 unspecified atom stereocenters. The molecule has 0 aliphatic carbocycles. The van der Waals surface area contributed by atoms with Gasteiger partial charge in [0.2, 0.25) is 0 Å². The van der Waals surface area contributed by atoms with Crippen molar-refractivity contribution in [1.82, 2.24) is 19.7 Å². The average molecular weight is 338 g/mol. The fourth-order valence-electron chi connectivity index (χ4n) is 3.56. The molecule has 0 amide bonds. The molecule has 1 saturated heterocycles. The molecule has 3 heterocycles. The number of para-hydroxylation sites is 1. The third kappa shape index (κ3) is 3.50. The largest absolute Gasteiger partial charge is 0.467 e. The highest BCUT2D eigenvalue weighted by molar-refractivity contribution is 5.30. The van der Waals surface area contributed by atoms with E-state index < -0.39 is 6.10 Å². The summed E-state index contributed by atoms with van der Waals surface area (Å²) in [7, 11) is 0. The first-order valence-corrected chi connectivity index (χ1v) is 8.71. The van der Waals surface area contributed by atoms with Gasteiger partial charge >= 0.3 is 0 Å². The zero-order valence-corrected chi connectivity index (χ0v) is 14.0. The summed E-state index contributed by atoms with van der Waals surface area (Å²) in [5, 5.41) is 14.8. The van der Waals surface area contributed by atoms with Gasteiger partial charge in [-0.1, -0.05) is 18.2 Å². The van der Waals surface area contributed by atoms with Crippen molar-refractivity contribution in [3.8, 4) is 5.69 Å². The van der Waals surface area contributed by atoms with Crippen molar-refractivity contribution in [1.29, 1.82) is 0 Å². The van der Waals surface area contributed by atoms with Crippen LogP contribution in [0.15, 0.2) is 59.5 Å². The van der Waals surface area contributed by atoms with Crippen LogP contribution in [0.25, 0.3) is 5.69 Å². The fourth-order valence-corrected chi connectivity index (χ4v) is 3.56. The van der Waals surface area contributed by atoms with Gasteiger partial charge in [-0.25, -0.2) is 9.67 Å². The maximum absolute atomic E-state index is 10.4. The smallest absolute Gasteiger partial charge is 0.146 e. The minimum absolute atomic E-state index is 0.320. The number of aliphatic hydroxyl groups is 1. The van der Waals surface area contributed by atoms with Crippen LogP contribution in [-0.4, -0.2) is 37.4 Å². The van der Waals surface area contributed by atoms with Crippen LogP contribution in [0.3, 0.4) is 0 Å². The van der Waals surface area contributed by atoms with E-state index in [-0.39, 0.29) is 0 Å². The summed E-state index contributed by atoms with van der Waals surface area (Å²) in [5.74, 6) is 1.56. The zero-order chi connectivity index (χ0) is 17.1. The number of aromatic nitrogens is 3. The normalized spacial score (nSPS) is 19.3. The van der Waals surface area contributed by atoms with Crippen molar-refractivity contribution in [2.75, 3.05) is 6.54 Å². The Balaban J connectivity index is 1.46. The molecular weight excluding hydrogens is 316 g/mol. The summed E-state index contributed by atoms with van der Waals surface area (Å²) in [6.07, 6.45) is 5.53. The summed E-state index contributed by atoms with van der Waals surface area (Å²) in [5.41, 5.74) is 1.02. The Kier molecular flexibility index (Phi) is 4.63. The molecule has 1 aromatic carbocycles. The average Bonchev–Trinajstić information content (AvgIpc) is 3.38. The summed E-state index contributed by atoms with van der Waals surface area (Å²) in [4.78, 5) is 6.83. The van der Waals surface area contributed by atoms with Gasteiger partial charge < -0.3 is 9.52 Å². The maximum atomic E-state index is 10.4. The van der Waals surface area contributed by atoms with Crippen molar-refractivity contribution in [3.05, 3.63) is 66.6 Å². The highest BCUT2D eigenvalue weighted by Crippen LogP contribution is 2.28. The lowest BCUT2D eigenvalue weighted by Crippen LogP contribution is -2.31. The molecule has 6 heteroatoms. The molecule has 1 N–H and O–H groups in total. The van der Waals surface area contributed by atoms with Crippen LogP contribution in [0.4, 0.5) is 0 Å². The second-order valence-electron chi connectivity index (χ2n) is 6.46. The van der Waals surface area contributed by atoms with Gasteiger partial charge in [-0.05, 0) is 50.1 Å². The highest BCUT2D eigenvalue weighted by atomic mass is 16.4. The monoisotopic (exact) mass is 338 g/mol. The molecule has 0 saturated carbocycles. The minimum Gasteiger partial charge on any atom is -0.467 e. The molecule has 1 aliphatic rings. The Morgan fingerprint density at radius 1 is 1.20 bits per heavy atom. The standard InChI is InChI=1S/C19H22N4O2/c24-17(18-9-5-11-25-18)12-16-8-4-10-22(16)13-19-20-14-21-23(19)15-6-2-1-3-7-15/h1-3,5-7,9,11,14,16-17,24H,4,8,10,12-13H2/t16-,17+/m1/s1. The van der Waals surface area contributed by atoms with Crippen LogP contribution in [0.2, 0.25) is 0 Å². The lowest BCUT2D eigenvalue weighted by Gasteiger charge is -2.25. The van der Waals surface area contributed by atoms with Crippen molar-refractivity contribution < 1.29 is 9.52 Å². The SMILES string of the molecule is O[C@@H](C[C@H]1CCCN1Cc1ncnn1-c1ccccc1)c1ccco1. The molecule has 1 aliphatic heterocycles. The van der Waals surface area contributed by atoms with Gasteiger partial charge in [0.15, 0.2) is 0 Å². The molecule has 3 aromatic rings. The van der Waals surface area contributed by atoms with Crippen LogP contribution < -0.4 is 0 Å². The Hall–Kier alpha value is -2.44. The molecule has 1 fully saturated rings. The van der Waals surface area contributed by atoms with Crippen LogP contribution in [0.1, 0.15) is 37.0 Å². The van der Waals surface area contributed by atoms with Gasteiger partial charge in [-0.15, -0.1) is 0 Å².